The van der Waals surface area contributed by atoms with Gasteiger partial charge in [0.2, 0.25) is 5.91 Å². The molecule has 1 amide bonds. The molecule has 0 radical (unpaired) electrons. The van der Waals surface area contributed by atoms with Crippen LogP contribution in [0.1, 0.15) is 47.8 Å². The Labute approximate surface area is 128 Å². The lowest BCUT2D eigenvalue weighted by molar-refractivity contribution is -0.116. The van der Waals surface area contributed by atoms with E-state index >= 15 is 0 Å². The first kappa shape index (κ1) is 14.3. The van der Waals surface area contributed by atoms with Crippen molar-refractivity contribution < 1.29 is 9.21 Å². The lowest BCUT2D eigenvalue weighted by Gasteiger charge is -2.00. The summed E-state index contributed by atoms with van der Waals surface area (Å²) in [5.41, 5.74) is 0.976. The molecule has 0 aromatic carbocycles. The molecule has 0 aliphatic heterocycles. The number of carbonyl (C=O) groups excluding carboxylic acids is 1. The van der Waals surface area contributed by atoms with Crippen molar-refractivity contribution >= 4 is 22.4 Å². The Kier molecular flexibility index (Phi) is 3.85. The van der Waals surface area contributed by atoms with E-state index in [-0.39, 0.29) is 5.91 Å². The van der Waals surface area contributed by atoms with E-state index in [1.54, 1.807) is 0 Å². The second-order valence-electron chi connectivity index (χ2n) is 5.83. The maximum absolute atomic E-state index is 11.9. The van der Waals surface area contributed by atoms with Crippen LogP contribution in [-0.2, 0) is 11.2 Å². The summed E-state index contributed by atoms with van der Waals surface area (Å²) in [5, 5.41) is 3.53. The second-order valence-corrected chi connectivity index (χ2v) is 7.04. The predicted molar refractivity (Wildman–Crippen MR) is 83.8 cm³/mol. The number of rotatable bonds is 5. The smallest absolute Gasteiger partial charge is 0.226 e. The van der Waals surface area contributed by atoms with E-state index in [4.69, 9.17) is 4.42 Å². The van der Waals surface area contributed by atoms with Gasteiger partial charge < -0.3 is 9.73 Å². The Hall–Kier alpha value is -1.62. The number of aryl methyl sites for hydroxylation is 3. The molecule has 0 saturated heterocycles. The number of anilines is 1. The van der Waals surface area contributed by atoms with Crippen molar-refractivity contribution in [3.8, 4) is 0 Å². The predicted octanol–water partition coefficient (Wildman–Crippen LogP) is 4.05. The topological polar surface area (TPSA) is 55.1 Å². The van der Waals surface area contributed by atoms with Crippen LogP contribution < -0.4 is 5.32 Å². The maximum Gasteiger partial charge on any atom is 0.226 e. The third-order valence-corrected chi connectivity index (χ3v) is 5.02. The van der Waals surface area contributed by atoms with Gasteiger partial charge in [-0.25, -0.2) is 4.98 Å². The summed E-state index contributed by atoms with van der Waals surface area (Å²) >= 11 is 1.51. The molecule has 2 heterocycles. The number of amides is 1. The number of furan rings is 1. The van der Waals surface area contributed by atoms with E-state index in [0.29, 0.717) is 23.9 Å². The molecule has 0 unspecified atom stereocenters. The quantitative estimate of drug-likeness (QED) is 0.906. The number of aromatic nitrogens is 1. The van der Waals surface area contributed by atoms with Crippen LogP contribution >= 0.6 is 11.3 Å². The second kappa shape index (κ2) is 5.64. The average Bonchev–Trinajstić information content (AvgIpc) is 2.84. The van der Waals surface area contributed by atoms with Crippen LogP contribution in [0.15, 0.2) is 16.5 Å². The van der Waals surface area contributed by atoms with Crippen molar-refractivity contribution in [3.05, 3.63) is 34.2 Å². The molecule has 112 valence electrons. The molecule has 0 bridgehead atoms. The van der Waals surface area contributed by atoms with Gasteiger partial charge in [-0.1, -0.05) is 6.92 Å². The molecule has 1 N–H and O–H groups in total. The lowest BCUT2D eigenvalue weighted by atomic mass is 10.2. The number of nitrogens with one attached hydrogen (secondary N) is 1. The zero-order chi connectivity index (χ0) is 15.0. The molecule has 21 heavy (non-hydrogen) atoms. The Morgan fingerprint density at radius 2 is 2.24 bits per heavy atom. The van der Waals surface area contributed by atoms with E-state index in [2.05, 4.69) is 23.3 Å². The van der Waals surface area contributed by atoms with Gasteiger partial charge >= 0.3 is 0 Å². The lowest BCUT2D eigenvalue weighted by Crippen LogP contribution is -2.11. The highest BCUT2D eigenvalue weighted by Crippen LogP contribution is 2.47. The Balaban J connectivity index is 1.50. The monoisotopic (exact) mass is 304 g/mol. The largest absolute Gasteiger partial charge is 0.466 e. The van der Waals surface area contributed by atoms with Crippen LogP contribution in [-0.4, -0.2) is 10.9 Å². The van der Waals surface area contributed by atoms with Gasteiger partial charge in [0.05, 0.1) is 5.69 Å². The summed E-state index contributed by atoms with van der Waals surface area (Å²) in [4.78, 5) is 17.4. The van der Waals surface area contributed by atoms with Crippen molar-refractivity contribution in [2.24, 2.45) is 5.92 Å². The first-order valence-corrected chi connectivity index (χ1v) is 8.17. The standard InChI is InChI=1S/C16H20N2O2S/c1-9-8-13(9)14-6-4-12(20-14)5-7-15(19)18-16-17-10(2)11(3)21-16/h4,6,9,13H,5,7-8H2,1-3H3,(H,17,18,19)/t9-,13-/m1/s1. The number of carbonyl (C=O) groups is 1. The van der Waals surface area contributed by atoms with Gasteiger partial charge in [-0.05, 0) is 38.3 Å². The molecular formula is C16H20N2O2S. The first-order valence-electron chi connectivity index (χ1n) is 7.35. The fourth-order valence-electron chi connectivity index (χ4n) is 2.39. The molecule has 0 spiro atoms. The average molecular weight is 304 g/mol. The van der Waals surface area contributed by atoms with Crippen LogP contribution in [0.5, 0.6) is 0 Å². The van der Waals surface area contributed by atoms with Gasteiger partial charge in [0.25, 0.3) is 0 Å². The first-order chi connectivity index (χ1) is 10.0. The minimum Gasteiger partial charge on any atom is -0.466 e. The normalized spacial score (nSPS) is 20.5. The fourth-order valence-corrected chi connectivity index (χ4v) is 3.22. The van der Waals surface area contributed by atoms with E-state index in [0.717, 1.165) is 28.0 Å². The summed E-state index contributed by atoms with van der Waals surface area (Å²) in [5.74, 6) is 3.29. The Bertz CT molecular complexity index is 640. The van der Waals surface area contributed by atoms with Crippen LogP contribution in [0.25, 0.3) is 0 Å². The SMILES string of the molecule is Cc1nc(NC(=O)CCc2ccc([C@@H]3C[C@H]3C)o2)sc1C. The molecule has 1 fully saturated rings. The van der Waals surface area contributed by atoms with Crippen molar-refractivity contribution in [3.63, 3.8) is 0 Å². The van der Waals surface area contributed by atoms with Gasteiger partial charge in [-0.15, -0.1) is 11.3 Å². The van der Waals surface area contributed by atoms with E-state index in [9.17, 15) is 4.79 Å². The number of thiazole rings is 1. The van der Waals surface area contributed by atoms with Crippen LogP contribution in [0, 0.1) is 19.8 Å². The summed E-state index contributed by atoms with van der Waals surface area (Å²) in [6, 6.07) is 4.04. The van der Waals surface area contributed by atoms with E-state index < -0.39 is 0 Å². The minimum atomic E-state index is -0.0125. The minimum absolute atomic E-state index is 0.0125. The van der Waals surface area contributed by atoms with Gasteiger partial charge in [0.1, 0.15) is 11.5 Å². The fraction of sp³-hybridized carbons (Fsp3) is 0.500. The summed E-state index contributed by atoms with van der Waals surface area (Å²) in [6.45, 7) is 6.19. The van der Waals surface area contributed by atoms with Gasteiger partial charge in [-0.2, -0.15) is 0 Å². The summed E-state index contributed by atoms with van der Waals surface area (Å²) in [6.07, 6.45) is 2.28. The summed E-state index contributed by atoms with van der Waals surface area (Å²) < 4.78 is 5.81. The molecule has 2 atom stereocenters. The third kappa shape index (κ3) is 3.35. The highest BCUT2D eigenvalue weighted by Gasteiger charge is 2.36. The van der Waals surface area contributed by atoms with Crippen LogP contribution in [0.2, 0.25) is 0 Å². The molecule has 1 aliphatic rings. The molecule has 3 rings (SSSR count). The van der Waals surface area contributed by atoms with Crippen LogP contribution in [0.4, 0.5) is 5.13 Å². The van der Waals surface area contributed by atoms with Gasteiger partial charge in [-0.3, -0.25) is 4.79 Å². The number of nitrogens with zero attached hydrogens (tertiary/aromatic N) is 1. The van der Waals surface area contributed by atoms with Crippen molar-refractivity contribution in [1.29, 1.82) is 0 Å². The number of hydrogen-bond donors (Lipinski definition) is 1. The highest BCUT2D eigenvalue weighted by molar-refractivity contribution is 7.15. The Morgan fingerprint density at radius 1 is 1.48 bits per heavy atom. The molecular weight excluding hydrogens is 284 g/mol. The number of hydrogen-bond acceptors (Lipinski definition) is 4. The highest BCUT2D eigenvalue weighted by atomic mass is 32.1. The van der Waals surface area contributed by atoms with Crippen molar-refractivity contribution in [2.75, 3.05) is 5.32 Å². The van der Waals surface area contributed by atoms with Crippen molar-refractivity contribution in [1.82, 2.24) is 4.98 Å². The molecule has 2 aromatic rings. The molecule has 5 heteroatoms. The molecule has 1 saturated carbocycles. The van der Waals surface area contributed by atoms with Gasteiger partial charge in [0.15, 0.2) is 5.13 Å². The third-order valence-electron chi connectivity index (χ3n) is 4.03. The van der Waals surface area contributed by atoms with E-state index in [1.807, 2.05) is 19.9 Å². The zero-order valence-electron chi connectivity index (χ0n) is 12.6. The maximum atomic E-state index is 11.9. The zero-order valence-corrected chi connectivity index (χ0v) is 13.4. The molecule has 1 aliphatic carbocycles. The summed E-state index contributed by atoms with van der Waals surface area (Å²) in [7, 11) is 0. The molecule has 4 nitrogen and oxygen atoms in total. The van der Waals surface area contributed by atoms with E-state index in [1.165, 1.54) is 17.8 Å². The van der Waals surface area contributed by atoms with Gasteiger partial charge in [0, 0.05) is 23.6 Å². The molecule has 2 aromatic heterocycles. The Morgan fingerprint density at radius 3 is 2.86 bits per heavy atom. The van der Waals surface area contributed by atoms with Crippen molar-refractivity contribution in [2.45, 2.75) is 46.0 Å². The van der Waals surface area contributed by atoms with Crippen LogP contribution in [0.3, 0.4) is 0 Å².